The van der Waals surface area contributed by atoms with Crippen LogP contribution in [0.2, 0.25) is 0 Å². The zero-order valence-electron chi connectivity index (χ0n) is 18.3. The van der Waals surface area contributed by atoms with Crippen molar-refractivity contribution in [2.75, 3.05) is 11.9 Å². The molecule has 0 amide bonds. The van der Waals surface area contributed by atoms with Crippen molar-refractivity contribution in [3.8, 4) is 0 Å². The highest BCUT2D eigenvalue weighted by Crippen LogP contribution is 2.20. The summed E-state index contributed by atoms with van der Waals surface area (Å²) in [5.41, 5.74) is 3.66. The number of anilines is 1. The smallest absolute Gasteiger partial charge is 0.229 e. The molecule has 168 valence electrons. The first-order valence-electron chi connectivity index (χ1n) is 10.9. The van der Waals surface area contributed by atoms with Crippen molar-refractivity contribution in [3.63, 3.8) is 0 Å². The molecule has 2 heterocycles. The maximum Gasteiger partial charge on any atom is 0.229 e. The van der Waals surface area contributed by atoms with Crippen LogP contribution in [0.1, 0.15) is 42.6 Å². The van der Waals surface area contributed by atoms with Crippen LogP contribution in [0.3, 0.4) is 0 Å². The number of fused-ring (bicyclic) bond motifs is 1. The summed E-state index contributed by atoms with van der Waals surface area (Å²) in [4.78, 5) is 16.7. The molecule has 2 aromatic heterocycles. The summed E-state index contributed by atoms with van der Waals surface area (Å²) < 4.78 is 13.7. The molecule has 1 saturated carbocycles. The van der Waals surface area contributed by atoms with Crippen LogP contribution in [0, 0.1) is 19.7 Å². The fraction of sp³-hybridized carbons (Fsp3) is 0.391. The van der Waals surface area contributed by atoms with E-state index in [-0.39, 0.29) is 5.82 Å². The molecule has 1 aromatic carbocycles. The minimum Gasteiger partial charge on any atom is -0.361 e. The topological polar surface area (TPSA) is 90.0 Å². The van der Waals surface area contributed by atoms with E-state index in [1.807, 2.05) is 26.1 Å². The van der Waals surface area contributed by atoms with Crippen LogP contribution in [0.25, 0.3) is 10.9 Å². The second kappa shape index (κ2) is 10.0. The van der Waals surface area contributed by atoms with Crippen LogP contribution in [0.4, 0.5) is 10.3 Å². The third-order valence-corrected chi connectivity index (χ3v) is 5.74. The Labute approximate surface area is 192 Å². The predicted molar refractivity (Wildman–Crippen MR) is 131 cm³/mol. The van der Waals surface area contributed by atoms with Crippen LogP contribution in [0.15, 0.2) is 35.5 Å². The molecule has 0 unspecified atom stereocenters. The largest absolute Gasteiger partial charge is 0.361 e. The fourth-order valence-electron chi connectivity index (χ4n) is 4.04. The molecule has 0 aliphatic heterocycles. The summed E-state index contributed by atoms with van der Waals surface area (Å²) in [6, 6.07) is 7.06. The van der Waals surface area contributed by atoms with Crippen LogP contribution in [0.5, 0.6) is 0 Å². The lowest BCUT2D eigenvalue weighted by molar-refractivity contribution is 0.629. The SMILES string of the molecule is Cc1cc(C)nc(NC(=NCCc2c[nH]c3ccc(F)cc23)NC(=S)NC2CCCC2)n1. The molecule has 9 heteroatoms. The van der Waals surface area contributed by atoms with E-state index in [2.05, 4.69) is 35.9 Å². The number of hydrogen-bond donors (Lipinski definition) is 4. The van der Waals surface area contributed by atoms with E-state index in [1.54, 1.807) is 12.1 Å². The van der Waals surface area contributed by atoms with E-state index in [0.29, 0.717) is 36.0 Å². The van der Waals surface area contributed by atoms with Gasteiger partial charge in [0.2, 0.25) is 11.9 Å². The summed E-state index contributed by atoms with van der Waals surface area (Å²) in [6.07, 6.45) is 7.24. The first kappa shape index (κ1) is 22.1. The average Bonchev–Trinajstić information content (AvgIpc) is 3.37. The minimum atomic E-state index is -0.249. The molecule has 1 aliphatic carbocycles. The number of guanidine groups is 1. The van der Waals surface area contributed by atoms with E-state index in [1.165, 1.54) is 18.9 Å². The van der Waals surface area contributed by atoms with Crippen molar-refractivity contribution >= 4 is 40.1 Å². The van der Waals surface area contributed by atoms with Crippen molar-refractivity contribution in [3.05, 3.63) is 53.2 Å². The van der Waals surface area contributed by atoms with Gasteiger partial charge in [0, 0.05) is 41.1 Å². The molecular formula is C23H28FN7S. The van der Waals surface area contributed by atoms with Gasteiger partial charge >= 0.3 is 0 Å². The Morgan fingerprint density at radius 2 is 1.94 bits per heavy atom. The molecule has 0 bridgehead atoms. The van der Waals surface area contributed by atoms with Crippen LogP contribution >= 0.6 is 12.2 Å². The van der Waals surface area contributed by atoms with Gasteiger partial charge in [-0.3, -0.25) is 10.3 Å². The second-order valence-corrected chi connectivity index (χ2v) is 8.57. The normalized spacial score (nSPS) is 14.7. The molecular weight excluding hydrogens is 425 g/mol. The van der Waals surface area contributed by atoms with Crippen molar-refractivity contribution in [1.82, 2.24) is 25.6 Å². The number of halogens is 1. The maximum atomic E-state index is 13.7. The van der Waals surface area contributed by atoms with Gasteiger partial charge < -0.3 is 15.6 Å². The third-order valence-electron chi connectivity index (χ3n) is 5.52. The molecule has 0 saturated heterocycles. The summed E-state index contributed by atoms with van der Waals surface area (Å²) in [7, 11) is 0. The van der Waals surface area contributed by atoms with Gasteiger partial charge in [-0.05, 0) is 75.2 Å². The maximum absolute atomic E-state index is 13.7. The van der Waals surface area contributed by atoms with Gasteiger partial charge in [-0.1, -0.05) is 12.8 Å². The van der Waals surface area contributed by atoms with Gasteiger partial charge in [-0.15, -0.1) is 0 Å². The number of aryl methyl sites for hydroxylation is 2. The summed E-state index contributed by atoms with van der Waals surface area (Å²) in [6.45, 7) is 4.33. The molecule has 7 nitrogen and oxygen atoms in total. The molecule has 0 spiro atoms. The molecule has 4 rings (SSSR count). The third kappa shape index (κ3) is 5.79. The fourth-order valence-corrected chi connectivity index (χ4v) is 4.31. The highest BCUT2D eigenvalue weighted by atomic mass is 32.1. The second-order valence-electron chi connectivity index (χ2n) is 8.16. The number of aromatic amines is 1. The Hall–Kier alpha value is -3.07. The van der Waals surface area contributed by atoms with Gasteiger partial charge in [-0.2, -0.15) is 0 Å². The van der Waals surface area contributed by atoms with Crippen molar-refractivity contribution in [1.29, 1.82) is 0 Å². The number of H-pyrrole nitrogens is 1. The van der Waals surface area contributed by atoms with Crippen LogP contribution in [-0.4, -0.2) is 38.6 Å². The zero-order chi connectivity index (χ0) is 22.5. The number of hydrogen-bond acceptors (Lipinski definition) is 4. The summed E-state index contributed by atoms with van der Waals surface area (Å²) >= 11 is 5.51. The lowest BCUT2D eigenvalue weighted by Crippen LogP contribution is -2.46. The van der Waals surface area contributed by atoms with Crippen molar-refractivity contribution in [2.45, 2.75) is 52.0 Å². The molecule has 1 aliphatic rings. The Bertz CT molecular complexity index is 1110. The number of aromatic nitrogens is 3. The Morgan fingerprint density at radius 1 is 1.19 bits per heavy atom. The van der Waals surface area contributed by atoms with E-state index in [9.17, 15) is 4.39 Å². The molecule has 1 fully saturated rings. The van der Waals surface area contributed by atoms with Crippen LogP contribution in [-0.2, 0) is 6.42 Å². The Morgan fingerprint density at radius 3 is 2.69 bits per heavy atom. The molecule has 32 heavy (non-hydrogen) atoms. The van der Waals surface area contributed by atoms with Crippen molar-refractivity contribution in [2.24, 2.45) is 4.99 Å². The van der Waals surface area contributed by atoms with Gasteiger partial charge in [0.1, 0.15) is 5.82 Å². The number of rotatable bonds is 5. The Balaban J connectivity index is 1.47. The van der Waals surface area contributed by atoms with Crippen LogP contribution < -0.4 is 16.0 Å². The number of benzene rings is 1. The van der Waals surface area contributed by atoms with Crippen molar-refractivity contribution < 1.29 is 4.39 Å². The van der Waals surface area contributed by atoms with E-state index in [4.69, 9.17) is 12.2 Å². The summed E-state index contributed by atoms with van der Waals surface area (Å²) in [5, 5.41) is 11.1. The summed E-state index contributed by atoms with van der Waals surface area (Å²) in [5.74, 6) is 0.698. The minimum absolute atomic E-state index is 0.249. The highest BCUT2D eigenvalue weighted by molar-refractivity contribution is 7.80. The number of aliphatic imine (C=N–C) groups is 1. The van der Waals surface area contributed by atoms with E-state index < -0.39 is 0 Å². The first-order valence-corrected chi connectivity index (χ1v) is 11.3. The quantitative estimate of drug-likeness (QED) is 0.264. The predicted octanol–water partition coefficient (Wildman–Crippen LogP) is 4.13. The van der Waals surface area contributed by atoms with E-state index >= 15 is 0 Å². The molecule has 0 atom stereocenters. The average molecular weight is 454 g/mol. The molecule has 0 radical (unpaired) electrons. The highest BCUT2D eigenvalue weighted by Gasteiger charge is 2.16. The van der Waals surface area contributed by atoms with Gasteiger partial charge in [0.25, 0.3) is 0 Å². The first-order chi connectivity index (χ1) is 15.5. The number of nitrogens with one attached hydrogen (secondary N) is 4. The van der Waals surface area contributed by atoms with Gasteiger partial charge in [0.15, 0.2) is 5.11 Å². The Kier molecular flexibility index (Phi) is 6.94. The standard InChI is InChI=1S/C23H28FN7S/c1-14-11-15(2)28-22(27-14)30-21(31-23(32)29-18-5-3-4-6-18)25-10-9-16-13-26-20-8-7-17(24)12-19(16)20/h7-8,11-13,18,26H,3-6,9-10H2,1-2H3,(H3,25,27,28,29,30,31,32). The van der Waals surface area contributed by atoms with Gasteiger partial charge in [0.05, 0.1) is 0 Å². The number of nitrogens with zero attached hydrogens (tertiary/aromatic N) is 3. The molecule has 4 N–H and O–H groups in total. The van der Waals surface area contributed by atoms with E-state index in [0.717, 1.165) is 40.7 Å². The zero-order valence-corrected chi connectivity index (χ0v) is 19.2. The lowest BCUT2D eigenvalue weighted by atomic mass is 10.1. The lowest BCUT2D eigenvalue weighted by Gasteiger charge is -2.17. The molecule has 3 aromatic rings. The van der Waals surface area contributed by atoms with Gasteiger partial charge in [-0.25, -0.2) is 14.4 Å². The number of thiocarbonyl (C=S) groups is 1. The monoisotopic (exact) mass is 453 g/mol.